The molecule has 2 aromatic rings. The van der Waals surface area contributed by atoms with E-state index in [1.165, 1.54) is 18.7 Å². The van der Waals surface area contributed by atoms with E-state index in [9.17, 15) is 4.79 Å². The second-order valence-electron chi connectivity index (χ2n) is 3.42. The van der Waals surface area contributed by atoms with E-state index in [2.05, 4.69) is 30.7 Å². The van der Waals surface area contributed by atoms with E-state index in [1.54, 1.807) is 6.07 Å². The quantitative estimate of drug-likeness (QED) is 0.705. The van der Waals surface area contributed by atoms with E-state index in [-0.39, 0.29) is 5.91 Å². The van der Waals surface area contributed by atoms with E-state index in [1.807, 2.05) is 0 Å². The van der Waals surface area contributed by atoms with Crippen molar-refractivity contribution >= 4 is 5.91 Å². The SMILES string of the molecule is O=C(NCCCc1ncn[nH]1)c1ccnnc1. The van der Waals surface area contributed by atoms with Gasteiger partial charge in [0.2, 0.25) is 0 Å². The molecule has 0 fully saturated rings. The van der Waals surface area contributed by atoms with Crippen LogP contribution in [0.3, 0.4) is 0 Å². The molecule has 2 aromatic heterocycles. The highest BCUT2D eigenvalue weighted by Crippen LogP contribution is 1.95. The largest absolute Gasteiger partial charge is 0.352 e. The summed E-state index contributed by atoms with van der Waals surface area (Å²) in [6, 6.07) is 1.62. The number of nitrogens with zero attached hydrogens (tertiary/aromatic N) is 4. The zero-order valence-corrected chi connectivity index (χ0v) is 9.13. The number of carbonyl (C=O) groups excluding carboxylic acids is 1. The van der Waals surface area contributed by atoms with Gasteiger partial charge in [-0.15, -0.1) is 0 Å². The molecule has 0 radical (unpaired) electrons. The molecule has 2 rings (SSSR count). The molecule has 2 heterocycles. The molecule has 88 valence electrons. The standard InChI is InChI=1S/C10H12N6O/c17-10(8-3-5-13-14-6-8)11-4-1-2-9-12-7-15-16-9/h3,5-7H,1-2,4H2,(H,11,17)(H,12,15,16). The van der Waals surface area contributed by atoms with Crippen molar-refractivity contribution in [1.29, 1.82) is 0 Å². The van der Waals surface area contributed by atoms with E-state index in [0.29, 0.717) is 12.1 Å². The molecule has 0 unspecified atom stereocenters. The number of amides is 1. The van der Waals surface area contributed by atoms with E-state index < -0.39 is 0 Å². The summed E-state index contributed by atoms with van der Waals surface area (Å²) < 4.78 is 0. The molecule has 2 N–H and O–H groups in total. The Morgan fingerprint density at radius 2 is 2.35 bits per heavy atom. The van der Waals surface area contributed by atoms with Gasteiger partial charge in [-0.05, 0) is 12.5 Å². The van der Waals surface area contributed by atoms with Crippen LogP contribution in [0.1, 0.15) is 22.6 Å². The Kier molecular flexibility index (Phi) is 3.74. The van der Waals surface area contributed by atoms with Crippen molar-refractivity contribution < 1.29 is 4.79 Å². The van der Waals surface area contributed by atoms with Crippen LogP contribution in [0.15, 0.2) is 24.8 Å². The molecule has 0 saturated heterocycles. The highest BCUT2D eigenvalue weighted by Gasteiger charge is 2.04. The topological polar surface area (TPSA) is 96.5 Å². The van der Waals surface area contributed by atoms with Crippen LogP contribution in [-0.4, -0.2) is 37.8 Å². The van der Waals surface area contributed by atoms with Crippen LogP contribution in [0.4, 0.5) is 0 Å². The monoisotopic (exact) mass is 232 g/mol. The maximum absolute atomic E-state index is 11.6. The minimum absolute atomic E-state index is 0.141. The lowest BCUT2D eigenvalue weighted by Gasteiger charge is -2.03. The zero-order chi connectivity index (χ0) is 11.9. The number of hydrogen-bond donors (Lipinski definition) is 2. The summed E-state index contributed by atoms with van der Waals surface area (Å²) in [5.74, 6) is 0.683. The molecule has 0 aromatic carbocycles. The summed E-state index contributed by atoms with van der Waals surface area (Å²) in [7, 11) is 0. The van der Waals surface area contributed by atoms with Crippen molar-refractivity contribution in [1.82, 2.24) is 30.7 Å². The number of aryl methyl sites for hydroxylation is 1. The van der Waals surface area contributed by atoms with Crippen molar-refractivity contribution in [2.24, 2.45) is 0 Å². The van der Waals surface area contributed by atoms with Crippen LogP contribution in [0.25, 0.3) is 0 Å². The third kappa shape index (κ3) is 3.33. The molecule has 7 heteroatoms. The molecule has 0 aliphatic heterocycles. The molecule has 7 nitrogen and oxygen atoms in total. The maximum atomic E-state index is 11.6. The first-order chi connectivity index (χ1) is 8.36. The van der Waals surface area contributed by atoms with Crippen molar-refractivity contribution in [2.75, 3.05) is 6.54 Å². The number of aromatic amines is 1. The van der Waals surface area contributed by atoms with Gasteiger partial charge in [0.05, 0.1) is 18.0 Å². The van der Waals surface area contributed by atoms with Gasteiger partial charge in [0, 0.05) is 13.0 Å². The summed E-state index contributed by atoms with van der Waals surface area (Å²) in [6.45, 7) is 0.585. The highest BCUT2D eigenvalue weighted by molar-refractivity contribution is 5.93. The Bertz CT molecular complexity index is 455. The van der Waals surface area contributed by atoms with Crippen LogP contribution >= 0.6 is 0 Å². The Morgan fingerprint density at radius 3 is 3.06 bits per heavy atom. The lowest BCUT2D eigenvalue weighted by molar-refractivity contribution is 0.0952. The lowest BCUT2D eigenvalue weighted by atomic mass is 10.2. The number of aromatic nitrogens is 5. The van der Waals surface area contributed by atoms with Gasteiger partial charge in [0.1, 0.15) is 12.2 Å². The number of hydrogen-bond acceptors (Lipinski definition) is 5. The van der Waals surface area contributed by atoms with Crippen molar-refractivity contribution in [2.45, 2.75) is 12.8 Å². The third-order valence-electron chi connectivity index (χ3n) is 2.19. The Labute approximate surface area is 97.7 Å². The van der Waals surface area contributed by atoms with E-state index in [4.69, 9.17) is 0 Å². The zero-order valence-electron chi connectivity index (χ0n) is 9.13. The molecule has 0 spiro atoms. The predicted octanol–water partition coefficient (Wildman–Crippen LogP) is -0.0427. The van der Waals surface area contributed by atoms with Gasteiger partial charge in [0.25, 0.3) is 5.91 Å². The summed E-state index contributed by atoms with van der Waals surface area (Å²) in [4.78, 5) is 15.6. The van der Waals surface area contributed by atoms with Crippen molar-refractivity contribution in [3.63, 3.8) is 0 Å². The van der Waals surface area contributed by atoms with Gasteiger partial charge >= 0.3 is 0 Å². The molecule has 0 saturated carbocycles. The van der Waals surface area contributed by atoms with Crippen LogP contribution in [0.5, 0.6) is 0 Å². The normalized spacial score (nSPS) is 10.1. The minimum Gasteiger partial charge on any atom is -0.352 e. The van der Waals surface area contributed by atoms with Gasteiger partial charge in [-0.2, -0.15) is 15.3 Å². The summed E-state index contributed by atoms with van der Waals surface area (Å²) in [5, 5.41) is 16.6. The number of nitrogens with one attached hydrogen (secondary N) is 2. The van der Waals surface area contributed by atoms with Crippen LogP contribution in [0, 0.1) is 0 Å². The molecule has 0 aliphatic rings. The molecule has 0 aliphatic carbocycles. The summed E-state index contributed by atoms with van der Waals surface area (Å²) >= 11 is 0. The first kappa shape index (κ1) is 11.2. The van der Waals surface area contributed by atoms with Gasteiger partial charge < -0.3 is 5.32 Å². The fourth-order valence-electron chi connectivity index (χ4n) is 1.34. The molecule has 17 heavy (non-hydrogen) atoms. The Morgan fingerprint density at radius 1 is 1.41 bits per heavy atom. The second kappa shape index (κ2) is 5.69. The average molecular weight is 232 g/mol. The third-order valence-corrected chi connectivity index (χ3v) is 2.19. The van der Waals surface area contributed by atoms with E-state index in [0.717, 1.165) is 18.7 Å². The van der Waals surface area contributed by atoms with Crippen molar-refractivity contribution in [3.05, 3.63) is 36.2 Å². The summed E-state index contributed by atoms with van der Waals surface area (Å²) in [6.07, 6.45) is 5.96. The summed E-state index contributed by atoms with van der Waals surface area (Å²) in [5.41, 5.74) is 0.514. The van der Waals surface area contributed by atoms with Crippen molar-refractivity contribution in [3.8, 4) is 0 Å². The molecular formula is C10H12N6O. The molecule has 1 amide bonds. The lowest BCUT2D eigenvalue weighted by Crippen LogP contribution is -2.25. The van der Waals surface area contributed by atoms with E-state index >= 15 is 0 Å². The van der Waals surface area contributed by atoms with Crippen LogP contribution in [-0.2, 0) is 6.42 Å². The highest BCUT2D eigenvalue weighted by atomic mass is 16.1. The van der Waals surface area contributed by atoms with Gasteiger partial charge in [-0.3, -0.25) is 9.89 Å². The Balaban J connectivity index is 1.70. The fraction of sp³-hybridized carbons (Fsp3) is 0.300. The first-order valence-corrected chi connectivity index (χ1v) is 5.25. The fourth-order valence-corrected chi connectivity index (χ4v) is 1.34. The maximum Gasteiger partial charge on any atom is 0.252 e. The smallest absolute Gasteiger partial charge is 0.252 e. The Hall–Kier alpha value is -2.31. The molecule has 0 atom stereocenters. The number of rotatable bonds is 5. The minimum atomic E-state index is -0.141. The van der Waals surface area contributed by atoms with Gasteiger partial charge in [-0.25, -0.2) is 4.98 Å². The van der Waals surface area contributed by atoms with Crippen LogP contribution < -0.4 is 5.32 Å². The molecule has 0 bridgehead atoms. The second-order valence-corrected chi connectivity index (χ2v) is 3.42. The number of carbonyl (C=O) groups is 1. The van der Waals surface area contributed by atoms with Gasteiger partial charge in [-0.1, -0.05) is 0 Å². The number of H-pyrrole nitrogens is 1. The molecular weight excluding hydrogens is 220 g/mol. The average Bonchev–Trinajstić information content (AvgIpc) is 2.88. The first-order valence-electron chi connectivity index (χ1n) is 5.25. The predicted molar refractivity (Wildman–Crippen MR) is 59.1 cm³/mol. The van der Waals surface area contributed by atoms with Crippen LogP contribution in [0.2, 0.25) is 0 Å². The van der Waals surface area contributed by atoms with Gasteiger partial charge in [0.15, 0.2) is 0 Å².